The summed E-state index contributed by atoms with van der Waals surface area (Å²) in [5.74, 6) is 0.608. The average molecular weight is 332 g/mol. The number of carbonyl (C=O) groups excluding carboxylic acids is 1. The molecule has 2 aromatic rings. The van der Waals surface area contributed by atoms with Gasteiger partial charge in [0.2, 0.25) is 0 Å². The van der Waals surface area contributed by atoms with Crippen molar-refractivity contribution in [1.29, 1.82) is 0 Å². The molecule has 1 aromatic carbocycles. The molecule has 6 heteroatoms. The van der Waals surface area contributed by atoms with Gasteiger partial charge in [0.05, 0.1) is 6.54 Å². The number of hydrogen-bond donors (Lipinski definition) is 1. The number of para-hydroxylation sites is 1. The van der Waals surface area contributed by atoms with Gasteiger partial charge in [0.15, 0.2) is 0 Å². The summed E-state index contributed by atoms with van der Waals surface area (Å²) in [6.07, 6.45) is 4.93. The summed E-state index contributed by atoms with van der Waals surface area (Å²) >= 11 is 6.07. The molecular formula is C17H18ClN3O2. The highest BCUT2D eigenvalue weighted by Gasteiger charge is 2.25. The molecule has 2 amide bonds. The van der Waals surface area contributed by atoms with Crippen molar-refractivity contribution in [2.45, 2.75) is 18.9 Å². The van der Waals surface area contributed by atoms with Gasteiger partial charge in [-0.3, -0.25) is 4.98 Å². The molecule has 0 saturated carbocycles. The molecule has 0 aliphatic carbocycles. The first kappa shape index (κ1) is 15.6. The molecule has 0 radical (unpaired) electrons. The molecule has 120 valence electrons. The van der Waals surface area contributed by atoms with Gasteiger partial charge >= 0.3 is 6.03 Å². The number of carbonyl (C=O) groups is 1. The molecule has 23 heavy (non-hydrogen) atoms. The monoisotopic (exact) mass is 331 g/mol. The first-order chi connectivity index (χ1) is 11.2. The van der Waals surface area contributed by atoms with Crippen molar-refractivity contribution in [3.8, 4) is 5.75 Å². The van der Waals surface area contributed by atoms with Crippen molar-refractivity contribution in [3.05, 3.63) is 53.8 Å². The number of pyridine rings is 1. The summed E-state index contributed by atoms with van der Waals surface area (Å²) < 4.78 is 5.92. The minimum Gasteiger partial charge on any atom is -0.487 e. The molecule has 0 spiro atoms. The van der Waals surface area contributed by atoms with Crippen molar-refractivity contribution in [2.75, 3.05) is 18.4 Å². The van der Waals surface area contributed by atoms with E-state index in [1.54, 1.807) is 23.4 Å². The predicted molar refractivity (Wildman–Crippen MR) is 89.9 cm³/mol. The Kier molecular flexibility index (Phi) is 4.98. The van der Waals surface area contributed by atoms with Crippen LogP contribution >= 0.6 is 11.6 Å². The first-order valence-corrected chi connectivity index (χ1v) is 7.97. The first-order valence-electron chi connectivity index (χ1n) is 7.59. The molecule has 2 heterocycles. The Hall–Kier alpha value is -2.27. The van der Waals surface area contributed by atoms with E-state index in [2.05, 4.69) is 10.3 Å². The number of piperidine rings is 1. The predicted octanol–water partition coefficient (Wildman–Crippen LogP) is 3.81. The van der Waals surface area contributed by atoms with Crippen molar-refractivity contribution >= 4 is 23.3 Å². The number of aromatic nitrogens is 1. The van der Waals surface area contributed by atoms with Crippen LogP contribution in [0.15, 0.2) is 48.8 Å². The number of amides is 2. The zero-order valence-corrected chi connectivity index (χ0v) is 13.4. The molecule has 1 saturated heterocycles. The maximum atomic E-state index is 12.4. The third-order valence-electron chi connectivity index (χ3n) is 3.72. The van der Waals surface area contributed by atoms with Crippen LogP contribution in [0, 0.1) is 0 Å². The molecule has 0 bridgehead atoms. The SMILES string of the molecule is O=C(Nc1ccccc1)N1CCCC(Oc2ccncc2Cl)C1. The number of urea groups is 1. The van der Waals surface area contributed by atoms with Gasteiger partial charge in [0, 0.05) is 30.7 Å². The van der Waals surface area contributed by atoms with E-state index in [1.165, 1.54) is 0 Å². The Morgan fingerprint density at radius 2 is 2.13 bits per heavy atom. The minimum atomic E-state index is -0.106. The molecule has 1 N–H and O–H groups in total. The minimum absolute atomic E-state index is 0.0647. The summed E-state index contributed by atoms with van der Waals surface area (Å²) in [7, 11) is 0. The zero-order chi connectivity index (χ0) is 16.1. The number of halogens is 1. The molecular weight excluding hydrogens is 314 g/mol. The van der Waals surface area contributed by atoms with Crippen LogP contribution in [0.1, 0.15) is 12.8 Å². The molecule has 1 unspecified atom stereocenters. The smallest absolute Gasteiger partial charge is 0.321 e. The Balaban J connectivity index is 1.59. The van der Waals surface area contributed by atoms with E-state index < -0.39 is 0 Å². The summed E-state index contributed by atoms with van der Waals surface area (Å²) in [4.78, 5) is 18.1. The van der Waals surface area contributed by atoms with Gasteiger partial charge in [-0.2, -0.15) is 0 Å². The quantitative estimate of drug-likeness (QED) is 0.930. The lowest BCUT2D eigenvalue weighted by Gasteiger charge is -2.33. The van der Waals surface area contributed by atoms with Crippen LogP contribution in [-0.2, 0) is 0 Å². The third kappa shape index (κ3) is 4.13. The molecule has 1 aliphatic rings. The fourth-order valence-corrected chi connectivity index (χ4v) is 2.74. The number of benzene rings is 1. The number of rotatable bonds is 3. The van der Waals surface area contributed by atoms with Crippen LogP contribution in [0.2, 0.25) is 5.02 Å². The number of hydrogen-bond acceptors (Lipinski definition) is 3. The van der Waals surface area contributed by atoms with E-state index in [-0.39, 0.29) is 12.1 Å². The molecule has 1 fully saturated rings. The van der Waals surface area contributed by atoms with Crippen LogP contribution < -0.4 is 10.1 Å². The molecule has 3 rings (SSSR count). The number of likely N-dealkylation sites (tertiary alicyclic amines) is 1. The summed E-state index contributed by atoms with van der Waals surface area (Å²) in [6.45, 7) is 1.26. The fourth-order valence-electron chi connectivity index (χ4n) is 2.58. The lowest BCUT2D eigenvalue weighted by Crippen LogP contribution is -2.46. The molecule has 1 aliphatic heterocycles. The molecule has 1 aromatic heterocycles. The van der Waals surface area contributed by atoms with Crippen LogP contribution in [0.4, 0.5) is 10.5 Å². The second-order valence-corrected chi connectivity index (χ2v) is 5.84. The topological polar surface area (TPSA) is 54.5 Å². The second-order valence-electron chi connectivity index (χ2n) is 5.43. The van der Waals surface area contributed by atoms with Gasteiger partial charge in [0.25, 0.3) is 0 Å². The van der Waals surface area contributed by atoms with Crippen LogP contribution in [0.25, 0.3) is 0 Å². The van der Waals surface area contributed by atoms with Gasteiger partial charge < -0.3 is 15.0 Å². The van der Waals surface area contributed by atoms with Gasteiger partial charge in [-0.25, -0.2) is 4.79 Å². The fraction of sp³-hybridized carbons (Fsp3) is 0.294. The summed E-state index contributed by atoms with van der Waals surface area (Å²) in [5.41, 5.74) is 0.790. The highest BCUT2D eigenvalue weighted by atomic mass is 35.5. The number of nitrogens with zero attached hydrogens (tertiary/aromatic N) is 2. The lowest BCUT2D eigenvalue weighted by atomic mass is 10.1. The van der Waals surface area contributed by atoms with Gasteiger partial charge in [0.1, 0.15) is 16.9 Å². The number of ether oxygens (including phenoxy) is 1. The van der Waals surface area contributed by atoms with E-state index in [1.807, 2.05) is 30.3 Å². The Bertz CT molecular complexity index is 666. The summed E-state index contributed by atoms with van der Waals surface area (Å²) in [5, 5.41) is 3.39. The van der Waals surface area contributed by atoms with Crippen LogP contribution in [0.3, 0.4) is 0 Å². The second kappa shape index (κ2) is 7.33. The third-order valence-corrected chi connectivity index (χ3v) is 4.00. The van der Waals surface area contributed by atoms with E-state index in [9.17, 15) is 4.79 Å². The highest BCUT2D eigenvalue weighted by molar-refractivity contribution is 6.31. The molecule has 1 atom stereocenters. The van der Waals surface area contributed by atoms with Gasteiger partial charge in [-0.1, -0.05) is 29.8 Å². The maximum absolute atomic E-state index is 12.4. The Morgan fingerprint density at radius 3 is 2.91 bits per heavy atom. The van der Waals surface area contributed by atoms with Crippen molar-refractivity contribution in [1.82, 2.24) is 9.88 Å². The Labute approximate surface area is 140 Å². The summed E-state index contributed by atoms with van der Waals surface area (Å²) in [6, 6.07) is 11.1. The largest absolute Gasteiger partial charge is 0.487 e. The van der Waals surface area contributed by atoms with E-state index in [0.29, 0.717) is 17.3 Å². The maximum Gasteiger partial charge on any atom is 0.321 e. The number of anilines is 1. The van der Waals surface area contributed by atoms with Crippen molar-refractivity contribution < 1.29 is 9.53 Å². The average Bonchev–Trinajstić information content (AvgIpc) is 2.58. The van der Waals surface area contributed by atoms with Gasteiger partial charge in [-0.15, -0.1) is 0 Å². The van der Waals surface area contributed by atoms with Crippen LogP contribution in [-0.4, -0.2) is 35.1 Å². The Morgan fingerprint density at radius 1 is 1.30 bits per heavy atom. The van der Waals surface area contributed by atoms with Crippen LogP contribution in [0.5, 0.6) is 5.75 Å². The van der Waals surface area contributed by atoms with E-state index in [4.69, 9.17) is 16.3 Å². The number of nitrogens with one attached hydrogen (secondary N) is 1. The van der Waals surface area contributed by atoms with Crippen molar-refractivity contribution in [3.63, 3.8) is 0 Å². The zero-order valence-electron chi connectivity index (χ0n) is 12.6. The van der Waals surface area contributed by atoms with E-state index >= 15 is 0 Å². The highest BCUT2D eigenvalue weighted by Crippen LogP contribution is 2.25. The van der Waals surface area contributed by atoms with Crippen molar-refractivity contribution in [2.24, 2.45) is 0 Å². The lowest BCUT2D eigenvalue weighted by molar-refractivity contribution is 0.106. The normalized spacial score (nSPS) is 17.6. The standard InChI is InChI=1S/C17H18ClN3O2/c18-15-11-19-9-8-16(15)23-14-7-4-10-21(12-14)17(22)20-13-5-2-1-3-6-13/h1-3,5-6,8-9,11,14H,4,7,10,12H2,(H,20,22). The van der Waals surface area contributed by atoms with E-state index in [0.717, 1.165) is 25.1 Å². The molecule has 5 nitrogen and oxygen atoms in total. The van der Waals surface area contributed by atoms with Gasteiger partial charge in [-0.05, 0) is 25.0 Å².